The Hall–Kier alpha value is -0.530. The van der Waals surface area contributed by atoms with Crippen LogP contribution < -0.4 is 10.6 Å². The summed E-state index contributed by atoms with van der Waals surface area (Å²) < 4.78 is 0. The van der Waals surface area contributed by atoms with Crippen molar-refractivity contribution in [3.8, 4) is 0 Å². The normalized spacial score (nSPS) is 16.0. The standard InChI is InChI=1S/C17H27ClN4.HI/c1-4-19-17(20-11-13(2)22(3)15-9-10-15)21-12-14-7-5-6-8-16(14)18;/h5-8,13,15H,4,9-12H2,1-3H3,(H2,19,20,21);1H. The molecule has 0 amide bonds. The highest BCUT2D eigenvalue weighted by atomic mass is 127. The van der Waals surface area contributed by atoms with Crippen LogP contribution in [0.25, 0.3) is 0 Å². The van der Waals surface area contributed by atoms with Crippen LogP contribution >= 0.6 is 35.6 Å². The third-order valence-electron chi connectivity index (χ3n) is 4.09. The molecule has 1 fully saturated rings. The fourth-order valence-electron chi connectivity index (χ4n) is 2.36. The van der Waals surface area contributed by atoms with Gasteiger partial charge in [-0.2, -0.15) is 0 Å². The predicted molar refractivity (Wildman–Crippen MR) is 110 cm³/mol. The minimum Gasteiger partial charge on any atom is -0.357 e. The first kappa shape index (κ1) is 20.5. The van der Waals surface area contributed by atoms with Crippen LogP contribution in [0.4, 0.5) is 0 Å². The molecular formula is C17H28ClIN4. The van der Waals surface area contributed by atoms with Crippen molar-refractivity contribution in [3.05, 3.63) is 34.9 Å². The summed E-state index contributed by atoms with van der Waals surface area (Å²) in [6, 6.07) is 9.12. The number of halogens is 2. The highest BCUT2D eigenvalue weighted by Gasteiger charge is 2.28. The highest BCUT2D eigenvalue weighted by Crippen LogP contribution is 2.26. The van der Waals surface area contributed by atoms with Gasteiger partial charge in [0, 0.05) is 30.2 Å². The minimum atomic E-state index is 0. The Morgan fingerprint density at radius 2 is 2.04 bits per heavy atom. The highest BCUT2D eigenvalue weighted by molar-refractivity contribution is 14.0. The Kier molecular flexibility index (Phi) is 9.24. The summed E-state index contributed by atoms with van der Waals surface area (Å²) in [6.45, 7) is 6.65. The SMILES string of the molecule is CCNC(=NCc1ccccc1Cl)NCC(C)N(C)C1CC1.I. The van der Waals surface area contributed by atoms with Crippen LogP contribution in [0, 0.1) is 0 Å². The van der Waals surface area contributed by atoms with Gasteiger partial charge in [-0.25, -0.2) is 4.99 Å². The molecule has 1 aromatic carbocycles. The summed E-state index contributed by atoms with van der Waals surface area (Å²) >= 11 is 6.18. The van der Waals surface area contributed by atoms with E-state index < -0.39 is 0 Å². The lowest BCUT2D eigenvalue weighted by molar-refractivity contribution is 0.247. The molecule has 1 aliphatic rings. The van der Waals surface area contributed by atoms with Crippen LogP contribution in [-0.2, 0) is 6.54 Å². The molecule has 1 unspecified atom stereocenters. The first-order valence-electron chi connectivity index (χ1n) is 8.09. The second-order valence-corrected chi connectivity index (χ2v) is 6.32. The van der Waals surface area contributed by atoms with Crippen LogP contribution in [0.5, 0.6) is 0 Å². The van der Waals surface area contributed by atoms with Crippen molar-refractivity contribution in [1.29, 1.82) is 0 Å². The third-order valence-corrected chi connectivity index (χ3v) is 4.46. The van der Waals surface area contributed by atoms with E-state index in [1.165, 1.54) is 12.8 Å². The average Bonchev–Trinajstić information content (AvgIpc) is 3.35. The molecule has 4 nitrogen and oxygen atoms in total. The van der Waals surface area contributed by atoms with E-state index in [-0.39, 0.29) is 24.0 Å². The minimum absolute atomic E-state index is 0. The lowest BCUT2D eigenvalue weighted by atomic mass is 10.2. The van der Waals surface area contributed by atoms with Crippen LogP contribution in [0.1, 0.15) is 32.3 Å². The van der Waals surface area contributed by atoms with E-state index in [9.17, 15) is 0 Å². The summed E-state index contributed by atoms with van der Waals surface area (Å²) in [5.74, 6) is 0.846. The van der Waals surface area contributed by atoms with E-state index in [0.717, 1.165) is 35.7 Å². The summed E-state index contributed by atoms with van der Waals surface area (Å²) in [6.07, 6.45) is 2.67. The van der Waals surface area contributed by atoms with Crippen LogP contribution in [0.2, 0.25) is 5.02 Å². The van der Waals surface area contributed by atoms with Crippen LogP contribution in [0.3, 0.4) is 0 Å². The molecule has 1 aliphatic carbocycles. The number of likely N-dealkylation sites (N-methyl/N-ethyl adjacent to an activating group) is 1. The van der Waals surface area contributed by atoms with Crippen molar-refractivity contribution in [3.63, 3.8) is 0 Å². The number of hydrogen-bond donors (Lipinski definition) is 2. The number of benzene rings is 1. The van der Waals surface area contributed by atoms with Crippen molar-refractivity contribution in [1.82, 2.24) is 15.5 Å². The molecule has 0 heterocycles. The average molecular weight is 451 g/mol. The van der Waals surface area contributed by atoms with Gasteiger partial charge >= 0.3 is 0 Å². The Balaban J connectivity index is 0.00000264. The zero-order valence-electron chi connectivity index (χ0n) is 14.2. The maximum Gasteiger partial charge on any atom is 0.191 e. The molecule has 1 saturated carbocycles. The monoisotopic (exact) mass is 450 g/mol. The van der Waals surface area contributed by atoms with Gasteiger partial charge < -0.3 is 10.6 Å². The topological polar surface area (TPSA) is 39.7 Å². The largest absolute Gasteiger partial charge is 0.357 e. The van der Waals surface area contributed by atoms with Gasteiger partial charge in [0.05, 0.1) is 6.54 Å². The number of rotatable bonds is 7. The molecule has 0 saturated heterocycles. The molecule has 23 heavy (non-hydrogen) atoms. The molecular weight excluding hydrogens is 423 g/mol. The molecule has 0 aliphatic heterocycles. The molecule has 0 bridgehead atoms. The Morgan fingerprint density at radius 1 is 1.35 bits per heavy atom. The molecule has 0 aromatic heterocycles. The van der Waals surface area contributed by atoms with E-state index in [1.54, 1.807) is 0 Å². The van der Waals surface area contributed by atoms with Gasteiger partial charge in [0.15, 0.2) is 5.96 Å². The lowest BCUT2D eigenvalue weighted by Gasteiger charge is -2.25. The Bertz CT molecular complexity index is 505. The summed E-state index contributed by atoms with van der Waals surface area (Å²) in [5.41, 5.74) is 1.05. The Labute approximate surface area is 162 Å². The van der Waals surface area contributed by atoms with Gasteiger partial charge in [-0.15, -0.1) is 24.0 Å². The zero-order chi connectivity index (χ0) is 15.9. The quantitative estimate of drug-likeness (QED) is 0.379. The molecule has 1 atom stereocenters. The van der Waals surface area contributed by atoms with E-state index in [2.05, 4.69) is 41.4 Å². The van der Waals surface area contributed by atoms with Crippen molar-refractivity contribution < 1.29 is 0 Å². The molecule has 0 radical (unpaired) electrons. The predicted octanol–water partition coefficient (Wildman–Crippen LogP) is 3.50. The van der Waals surface area contributed by atoms with Crippen molar-refractivity contribution >= 4 is 41.5 Å². The van der Waals surface area contributed by atoms with Crippen molar-refractivity contribution in [2.24, 2.45) is 4.99 Å². The molecule has 0 spiro atoms. The summed E-state index contributed by atoms with van der Waals surface area (Å²) in [5, 5.41) is 7.48. The van der Waals surface area contributed by atoms with Crippen LogP contribution in [-0.4, -0.2) is 43.1 Å². The molecule has 6 heteroatoms. The molecule has 1 aromatic rings. The van der Waals surface area contributed by atoms with Gasteiger partial charge in [0.2, 0.25) is 0 Å². The van der Waals surface area contributed by atoms with Crippen molar-refractivity contribution in [2.75, 3.05) is 20.1 Å². The van der Waals surface area contributed by atoms with E-state index in [4.69, 9.17) is 11.6 Å². The van der Waals surface area contributed by atoms with E-state index in [0.29, 0.717) is 12.6 Å². The second-order valence-electron chi connectivity index (χ2n) is 5.91. The number of hydrogen-bond acceptors (Lipinski definition) is 2. The van der Waals surface area contributed by atoms with Gasteiger partial charge in [-0.1, -0.05) is 29.8 Å². The van der Waals surface area contributed by atoms with Crippen molar-refractivity contribution in [2.45, 2.75) is 45.3 Å². The number of aliphatic imine (C=N–C) groups is 1. The smallest absolute Gasteiger partial charge is 0.191 e. The second kappa shape index (κ2) is 10.4. The number of guanidine groups is 1. The third kappa shape index (κ3) is 6.85. The Morgan fingerprint density at radius 3 is 2.65 bits per heavy atom. The van der Waals surface area contributed by atoms with Gasteiger partial charge in [-0.05, 0) is 45.4 Å². The van der Waals surface area contributed by atoms with E-state index in [1.807, 2.05) is 24.3 Å². The van der Waals surface area contributed by atoms with Gasteiger partial charge in [-0.3, -0.25) is 4.90 Å². The molecule has 2 rings (SSSR count). The first-order valence-corrected chi connectivity index (χ1v) is 8.47. The summed E-state index contributed by atoms with van der Waals surface area (Å²) in [7, 11) is 2.21. The fourth-order valence-corrected chi connectivity index (χ4v) is 2.56. The van der Waals surface area contributed by atoms with Gasteiger partial charge in [0.25, 0.3) is 0 Å². The fraction of sp³-hybridized carbons (Fsp3) is 0.588. The maximum absolute atomic E-state index is 6.18. The number of nitrogens with zero attached hydrogens (tertiary/aromatic N) is 2. The first-order chi connectivity index (χ1) is 10.6. The van der Waals surface area contributed by atoms with Crippen LogP contribution in [0.15, 0.2) is 29.3 Å². The zero-order valence-corrected chi connectivity index (χ0v) is 17.3. The van der Waals surface area contributed by atoms with Gasteiger partial charge in [0.1, 0.15) is 0 Å². The molecule has 130 valence electrons. The maximum atomic E-state index is 6.18. The molecule has 2 N–H and O–H groups in total. The lowest BCUT2D eigenvalue weighted by Crippen LogP contribution is -2.45. The number of nitrogens with one attached hydrogen (secondary N) is 2. The van der Waals surface area contributed by atoms with E-state index >= 15 is 0 Å². The summed E-state index contributed by atoms with van der Waals surface area (Å²) in [4.78, 5) is 7.08.